The molecule has 5 fully saturated rings. The molecular weight excluding hydrogens is 676 g/mol. The van der Waals surface area contributed by atoms with Crippen molar-refractivity contribution in [2.24, 2.45) is 39.4 Å². The molecular formula is C40H66N6O7. The van der Waals surface area contributed by atoms with E-state index in [4.69, 9.17) is 0 Å². The van der Waals surface area contributed by atoms with Gasteiger partial charge in [-0.15, -0.1) is 0 Å². The minimum Gasteiger partial charge on any atom is -0.347 e. The highest BCUT2D eigenvalue weighted by molar-refractivity contribution is 6.41. The summed E-state index contributed by atoms with van der Waals surface area (Å²) in [6.45, 7) is 21.5. The fraction of sp³-hybridized carbons (Fsp3) is 0.825. The summed E-state index contributed by atoms with van der Waals surface area (Å²) in [6.07, 6.45) is 4.00. The largest absolute Gasteiger partial charge is 0.347 e. The van der Waals surface area contributed by atoms with Crippen LogP contribution in [0.1, 0.15) is 129 Å². The predicted octanol–water partition coefficient (Wildman–Crippen LogP) is 3.93. The summed E-state index contributed by atoms with van der Waals surface area (Å²) in [4.78, 5) is 97.9. The van der Waals surface area contributed by atoms with Crippen LogP contribution in [0.25, 0.3) is 0 Å². The molecule has 13 heteroatoms. The third-order valence-electron chi connectivity index (χ3n) is 12.3. The number of piperidine rings is 2. The molecule has 4 N–H and O–H groups in total. The zero-order chi connectivity index (χ0) is 38.9. The molecule has 53 heavy (non-hydrogen) atoms. The summed E-state index contributed by atoms with van der Waals surface area (Å²) < 4.78 is 0. The second-order valence-corrected chi connectivity index (χ2v) is 19.9. The fourth-order valence-electron chi connectivity index (χ4n) is 8.58. The third kappa shape index (κ3) is 8.58. The maximum absolute atomic E-state index is 14.6. The number of imide groups is 1. The summed E-state index contributed by atoms with van der Waals surface area (Å²) in [5, 5.41) is 11.6. The van der Waals surface area contributed by atoms with Crippen LogP contribution in [0, 0.1) is 39.4 Å². The van der Waals surface area contributed by atoms with Gasteiger partial charge in [-0.3, -0.25) is 33.7 Å². The summed E-state index contributed by atoms with van der Waals surface area (Å²) in [5.41, 5.74) is -3.22. The number of hydrogen-bond donors (Lipinski definition) is 4. The summed E-state index contributed by atoms with van der Waals surface area (Å²) >= 11 is 0. The van der Waals surface area contributed by atoms with Crippen molar-refractivity contribution in [1.29, 1.82) is 0 Å². The molecule has 13 nitrogen and oxygen atoms in total. The summed E-state index contributed by atoms with van der Waals surface area (Å²) in [6, 6.07) is -3.14. The molecule has 0 radical (unpaired) electrons. The highest BCUT2D eigenvalue weighted by Gasteiger charge is 2.71. The first-order valence-electron chi connectivity index (χ1n) is 19.2. The standard InChI is InChI=1S/C39H62N6O7.CH4/c1-12-13-21-16-39(21,30(48)32(50)40-22-14-15-22)43-31(49)28-27-23(38(27,10)11)19-45(28)33(51)29(36(5,6)7)42-34(52)41-24(35(2,3)4)20-44-25(46)17-37(8,9)18-26(44)47;/h21-24,27-29H,12-20H2,1-11H3,(H,40,50)(H,43,49)(H2,41,42,52);1H4/t21-,23-,24+,27-,28-,29+,39+;/m0./s1. The van der Waals surface area contributed by atoms with Crippen molar-refractivity contribution < 1.29 is 33.6 Å². The van der Waals surface area contributed by atoms with E-state index in [0.717, 1.165) is 19.3 Å². The van der Waals surface area contributed by atoms with Gasteiger partial charge >= 0.3 is 6.03 Å². The van der Waals surface area contributed by atoms with Crippen molar-refractivity contribution in [1.82, 2.24) is 31.1 Å². The Morgan fingerprint density at radius 3 is 1.98 bits per heavy atom. The Kier molecular flexibility index (Phi) is 11.4. The maximum Gasteiger partial charge on any atom is 0.315 e. The van der Waals surface area contributed by atoms with Crippen molar-refractivity contribution in [2.75, 3.05) is 13.1 Å². The molecule has 0 aromatic heterocycles. The molecule has 298 valence electrons. The first kappa shape index (κ1) is 42.2. The van der Waals surface area contributed by atoms with Gasteiger partial charge in [0.05, 0.1) is 6.04 Å². The van der Waals surface area contributed by atoms with E-state index in [1.165, 1.54) is 4.90 Å². The number of fused-ring (bicyclic) bond motifs is 1. The smallest absolute Gasteiger partial charge is 0.315 e. The molecule has 7 amide bonds. The molecule has 2 aliphatic heterocycles. The number of rotatable bonds is 12. The molecule has 5 rings (SSSR count). The molecule has 0 aromatic rings. The van der Waals surface area contributed by atoms with Crippen molar-refractivity contribution in [2.45, 2.75) is 158 Å². The number of nitrogens with one attached hydrogen (secondary N) is 4. The highest BCUT2D eigenvalue weighted by atomic mass is 16.2. The fourth-order valence-corrected chi connectivity index (χ4v) is 8.58. The lowest BCUT2D eigenvalue weighted by Gasteiger charge is -2.41. The van der Waals surface area contributed by atoms with E-state index in [0.29, 0.717) is 19.4 Å². The van der Waals surface area contributed by atoms with Gasteiger partial charge in [-0.25, -0.2) is 4.79 Å². The molecule has 0 spiro atoms. The van der Waals surface area contributed by atoms with Crippen LogP contribution in [-0.4, -0.2) is 93.9 Å². The molecule has 2 saturated heterocycles. The first-order valence-corrected chi connectivity index (χ1v) is 19.2. The van der Waals surface area contributed by atoms with E-state index in [-0.39, 0.29) is 67.8 Å². The Labute approximate surface area is 316 Å². The van der Waals surface area contributed by atoms with Crippen molar-refractivity contribution in [3.05, 3.63) is 0 Å². The van der Waals surface area contributed by atoms with Gasteiger partial charge in [0.2, 0.25) is 29.4 Å². The van der Waals surface area contributed by atoms with Crippen LogP contribution in [0.3, 0.4) is 0 Å². The zero-order valence-electron chi connectivity index (χ0n) is 33.2. The predicted molar refractivity (Wildman–Crippen MR) is 201 cm³/mol. The lowest BCUT2D eigenvalue weighted by atomic mass is 9.80. The third-order valence-corrected chi connectivity index (χ3v) is 12.3. The number of carbonyl (C=O) groups is 7. The van der Waals surface area contributed by atoms with Crippen LogP contribution in [0.15, 0.2) is 0 Å². The Morgan fingerprint density at radius 1 is 0.887 bits per heavy atom. The number of carbonyl (C=O) groups excluding carboxylic acids is 7. The van der Waals surface area contributed by atoms with E-state index in [1.54, 1.807) is 4.90 Å². The van der Waals surface area contributed by atoms with Crippen molar-refractivity contribution in [3.8, 4) is 0 Å². The average molecular weight is 743 g/mol. The van der Waals surface area contributed by atoms with Crippen LogP contribution < -0.4 is 21.3 Å². The number of urea groups is 1. The highest BCUT2D eigenvalue weighted by Crippen LogP contribution is 2.65. The van der Waals surface area contributed by atoms with Gasteiger partial charge in [-0.1, -0.05) is 90.0 Å². The molecule has 5 aliphatic rings. The molecule has 3 saturated carbocycles. The van der Waals surface area contributed by atoms with Crippen LogP contribution in [0.2, 0.25) is 0 Å². The van der Waals surface area contributed by atoms with Gasteiger partial charge in [0, 0.05) is 32.0 Å². The quantitative estimate of drug-likeness (QED) is 0.173. The Hall–Kier alpha value is -3.51. The Balaban J connectivity index is 0.00000627. The van der Waals surface area contributed by atoms with Gasteiger partial charge in [0.1, 0.15) is 17.6 Å². The van der Waals surface area contributed by atoms with Crippen molar-refractivity contribution >= 4 is 41.4 Å². The van der Waals surface area contributed by atoms with E-state index in [2.05, 4.69) is 35.1 Å². The lowest BCUT2D eigenvalue weighted by Crippen LogP contribution is -2.63. The van der Waals surface area contributed by atoms with Crippen molar-refractivity contribution in [3.63, 3.8) is 0 Å². The topological polar surface area (TPSA) is 174 Å². The number of ketones is 1. The average Bonchev–Trinajstić information content (AvgIpc) is 3.95. The molecule has 7 atom stereocenters. The normalized spacial score (nSPS) is 29.6. The molecule has 2 heterocycles. The minimum atomic E-state index is -1.28. The lowest BCUT2D eigenvalue weighted by molar-refractivity contribution is -0.153. The minimum absolute atomic E-state index is 0. The molecule has 3 aliphatic carbocycles. The molecule has 0 bridgehead atoms. The van der Waals surface area contributed by atoms with Gasteiger partial charge in [-0.2, -0.15) is 0 Å². The monoisotopic (exact) mass is 742 g/mol. The molecule has 0 unspecified atom stereocenters. The van der Waals surface area contributed by atoms with Gasteiger partial charge < -0.3 is 26.2 Å². The van der Waals surface area contributed by atoms with E-state index in [1.807, 2.05) is 62.3 Å². The maximum atomic E-state index is 14.6. The van der Waals surface area contributed by atoms with Gasteiger partial charge in [0.15, 0.2) is 0 Å². The van der Waals surface area contributed by atoms with Crippen LogP contribution in [0.4, 0.5) is 4.79 Å². The zero-order valence-corrected chi connectivity index (χ0v) is 33.2. The number of Topliss-reactive ketones (excluding diaryl/α,β-unsaturated/α-hetero) is 1. The second kappa shape index (κ2) is 14.3. The van der Waals surface area contributed by atoms with Crippen LogP contribution in [0.5, 0.6) is 0 Å². The van der Waals surface area contributed by atoms with Gasteiger partial charge in [-0.05, 0) is 65.1 Å². The van der Waals surface area contributed by atoms with Crippen LogP contribution in [-0.2, 0) is 28.8 Å². The SMILES string of the molecule is C.CCC[C@H]1C[C@]1(NC(=O)[C@@H]1[C@@H]2[C@H](CN1C(=O)[C@@H](NC(=O)N[C@H](CN1C(=O)CC(C)(C)CC1=O)C(C)(C)C)C(C)(C)C)C2(C)C)C(=O)C(=O)NC1CC1. The Morgan fingerprint density at radius 2 is 1.47 bits per heavy atom. The van der Waals surface area contributed by atoms with Crippen LogP contribution >= 0.6 is 0 Å². The number of hydrogen-bond acceptors (Lipinski definition) is 7. The Bertz CT molecular complexity index is 1500. The first-order chi connectivity index (χ1) is 23.8. The van der Waals surface area contributed by atoms with E-state index >= 15 is 0 Å². The second-order valence-electron chi connectivity index (χ2n) is 19.9. The summed E-state index contributed by atoms with van der Waals surface area (Å²) in [7, 11) is 0. The number of likely N-dealkylation sites (tertiary alicyclic amines) is 2. The van der Waals surface area contributed by atoms with E-state index < -0.39 is 69.4 Å². The van der Waals surface area contributed by atoms with E-state index in [9.17, 15) is 33.6 Å². The molecule has 0 aromatic carbocycles. The van der Waals surface area contributed by atoms with Gasteiger partial charge in [0.25, 0.3) is 5.91 Å². The summed E-state index contributed by atoms with van der Waals surface area (Å²) in [5.74, 6) is -2.93. The number of nitrogens with zero attached hydrogens (tertiary/aromatic N) is 2. The number of amides is 7.